The second-order valence-electron chi connectivity index (χ2n) is 4.41. The molecule has 19 heavy (non-hydrogen) atoms. The lowest BCUT2D eigenvalue weighted by Gasteiger charge is -2.08. The largest absolute Gasteiger partial charge is 0.393 e. The first kappa shape index (κ1) is 13.3. The van der Waals surface area contributed by atoms with Crippen LogP contribution in [0.15, 0.2) is 43.0 Å². The Morgan fingerprint density at radius 1 is 1.53 bits per heavy atom. The van der Waals surface area contributed by atoms with Gasteiger partial charge < -0.3 is 15.0 Å². The molecule has 0 aliphatic carbocycles. The van der Waals surface area contributed by atoms with E-state index in [1.54, 1.807) is 31.6 Å². The zero-order valence-electron chi connectivity index (χ0n) is 10.8. The van der Waals surface area contributed by atoms with Crippen molar-refractivity contribution in [1.29, 1.82) is 0 Å². The van der Waals surface area contributed by atoms with Gasteiger partial charge in [-0.25, -0.2) is 4.98 Å². The number of aromatic nitrogens is 2. The lowest BCUT2D eigenvalue weighted by Crippen LogP contribution is -2.26. The Hall–Kier alpha value is -2.14. The van der Waals surface area contributed by atoms with Crippen molar-refractivity contribution in [2.24, 2.45) is 0 Å². The molecule has 0 bridgehead atoms. The maximum absolute atomic E-state index is 11.9. The van der Waals surface area contributed by atoms with Crippen LogP contribution in [0.4, 0.5) is 0 Å². The summed E-state index contributed by atoms with van der Waals surface area (Å²) < 4.78 is 1.84. The maximum Gasteiger partial charge on any atom is 0.251 e. The molecule has 1 aromatic carbocycles. The number of carbonyl (C=O) groups excluding carboxylic acids is 1. The molecule has 0 fully saturated rings. The molecule has 2 rings (SSSR count). The summed E-state index contributed by atoms with van der Waals surface area (Å²) in [6.45, 7) is 2.16. The summed E-state index contributed by atoms with van der Waals surface area (Å²) in [5.41, 5.74) is 1.48. The molecule has 1 atom stereocenters. The molecule has 5 nitrogen and oxygen atoms in total. The van der Waals surface area contributed by atoms with Crippen LogP contribution < -0.4 is 5.32 Å². The van der Waals surface area contributed by atoms with Crippen molar-refractivity contribution in [2.45, 2.75) is 19.4 Å². The van der Waals surface area contributed by atoms with E-state index in [0.717, 1.165) is 5.69 Å². The second-order valence-corrected chi connectivity index (χ2v) is 4.41. The van der Waals surface area contributed by atoms with Crippen molar-refractivity contribution < 1.29 is 9.90 Å². The molecule has 2 N–H and O–H groups in total. The highest BCUT2D eigenvalue weighted by Gasteiger charge is 2.06. The van der Waals surface area contributed by atoms with Crippen LogP contribution in [-0.4, -0.2) is 33.2 Å². The molecular formula is C14H17N3O2. The van der Waals surface area contributed by atoms with Crippen LogP contribution in [0.1, 0.15) is 23.7 Å². The van der Waals surface area contributed by atoms with E-state index >= 15 is 0 Å². The number of nitrogens with zero attached hydrogens (tertiary/aromatic N) is 2. The van der Waals surface area contributed by atoms with Crippen molar-refractivity contribution >= 4 is 5.91 Å². The van der Waals surface area contributed by atoms with Gasteiger partial charge in [0.15, 0.2) is 0 Å². The third-order valence-electron chi connectivity index (χ3n) is 2.76. The summed E-state index contributed by atoms with van der Waals surface area (Å²) in [5.74, 6) is -0.136. The molecule has 0 aliphatic rings. The molecule has 0 aliphatic heterocycles. The Bertz CT molecular complexity index is 535. The van der Waals surface area contributed by atoms with Gasteiger partial charge >= 0.3 is 0 Å². The molecule has 1 aromatic heterocycles. The second kappa shape index (κ2) is 6.15. The molecule has 1 amide bonds. The van der Waals surface area contributed by atoms with E-state index in [1.807, 2.05) is 22.9 Å². The van der Waals surface area contributed by atoms with Crippen LogP contribution in [0.3, 0.4) is 0 Å². The van der Waals surface area contributed by atoms with Crippen LogP contribution in [0.25, 0.3) is 5.69 Å². The first-order chi connectivity index (χ1) is 9.16. The number of rotatable bonds is 5. The molecular weight excluding hydrogens is 242 g/mol. The number of nitrogens with one attached hydrogen (secondary N) is 1. The molecule has 0 saturated carbocycles. The van der Waals surface area contributed by atoms with Crippen LogP contribution in [0.2, 0.25) is 0 Å². The fraction of sp³-hybridized carbons (Fsp3) is 0.286. The Labute approximate surface area is 111 Å². The summed E-state index contributed by atoms with van der Waals surface area (Å²) >= 11 is 0. The monoisotopic (exact) mass is 259 g/mol. The van der Waals surface area contributed by atoms with E-state index in [-0.39, 0.29) is 5.91 Å². The molecule has 2 aromatic rings. The van der Waals surface area contributed by atoms with E-state index in [2.05, 4.69) is 10.3 Å². The van der Waals surface area contributed by atoms with Crippen LogP contribution in [0.5, 0.6) is 0 Å². The molecule has 0 saturated heterocycles. The van der Waals surface area contributed by atoms with E-state index in [0.29, 0.717) is 18.5 Å². The minimum absolute atomic E-state index is 0.136. The van der Waals surface area contributed by atoms with Gasteiger partial charge in [0.05, 0.1) is 12.4 Å². The molecule has 5 heteroatoms. The summed E-state index contributed by atoms with van der Waals surface area (Å²) in [6, 6.07) is 7.31. The van der Waals surface area contributed by atoms with Crippen LogP contribution in [-0.2, 0) is 0 Å². The lowest BCUT2D eigenvalue weighted by atomic mass is 10.2. The summed E-state index contributed by atoms with van der Waals surface area (Å²) in [7, 11) is 0. The van der Waals surface area contributed by atoms with Gasteiger partial charge in [-0.2, -0.15) is 0 Å². The van der Waals surface area contributed by atoms with Crippen molar-refractivity contribution in [3.63, 3.8) is 0 Å². The molecule has 0 spiro atoms. The number of aliphatic hydroxyl groups is 1. The third-order valence-corrected chi connectivity index (χ3v) is 2.76. The van der Waals surface area contributed by atoms with E-state index in [9.17, 15) is 4.79 Å². The van der Waals surface area contributed by atoms with Crippen molar-refractivity contribution in [2.75, 3.05) is 6.54 Å². The van der Waals surface area contributed by atoms with Gasteiger partial charge in [-0.15, -0.1) is 0 Å². The number of benzene rings is 1. The Kier molecular flexibility index (Phi) is 4.30. The number of carbonyl (C=O) groups is 1. The predicted molar refractivity (Wildman–Crippen MR) is 72.2 cm³/mol. The lowest BCUT2D eigenvalue weighted by molar-refractivity contribution is 0.0945. The van der Waals surface area contributed by atoms with Crippen molar-refractivity contribution in [1.82, 2.24) is 14.9 Å². The predicted octanol–water partition coefficient (Wildman–Crippen LogP) is 1.37. The van der Waals surface area contributed by atoms with Gasteiger partial charge in [0.2, 0.25) is 0 Å². The maximum atomic E-state index is 11.9. The molecule has 1 unspecified atom stereocenters. The topological polar surface area (TPSA) is 67.2 Å². The number of hydrogen-bond donors (Lipinski definition) is 2. The number of imidazole rings is 1. The van der Waals surface area contributed by atoms with Crippen LogP contribution in [0, 0.1) is 0 Å². The number of amides is 1. The number of aliphatic hydroxyl groups excluding tert-OH is 1. The van der Waals surface area contributed by atoms with Gasteiger partial charge in [-0.1, -0.05) is 6.07 Å². The van der Waals surface area contributed by atoms with Gasteiger partial charge in [0.25, 0.3) is 5.91 Å². The average molecular weight is 259 g/mol. The minimum Gasteiger partial charge on any atom is -0.393 e. The smallest absolute Gasteiger partial charge is 0.251 e. The highest BCUT2D eigenvalue weighted by atomic mass is 16.3. The van der Waals surface area contributed by atoms with Crippen molar-refractivity contribution in [3.8, 4) is 5.69 Å². The first-order valence-corrected chi connectivity index (χ1v) is 6.21. The normalized spacial score (nSPS) is 12.1. The van der Waals surface area contributed by atoms with Gasteiger partial charge in [-0.3, -0.25) is 4.79 Å². The number of hydrogen-bond acceptors (Lipinski definition) is 3. The van der Waals surface area contributed by atoms with Crippen molar-refractivity contribution in [3.05, 3.63) is 48.5 Å². The average Bonchev–Trinajstić information content (AvgIpc) is 2.92. The summed E-state index contributed by atoms with van der Waals surface area (Å²) in [4.78, 5) is 15.9. The first-order valence-electron chi connectivity index (χ1n) is 6.21. The Morgan fingerprint density at radius 3 is 3.05 bits per heavy atom. The van der Waals surface area contributed by atoms with Gasteiger partial charge in [-0.05, 0) is 31.5 Å². The fourth-order valence-corrected chi connectivity index (χ4v) is 1.72. The fourth-order valence-electron chi connectivity index (χ4n) is 1.72. The zero-order chi connectivity index (χ0) is 13.7. The van der Waals surface area contributed by atoms with E-state index in [4.69, 9.17) is 5.11 Å². The highest BCUT2D eigenvalue weighted by molar-refractivity contribution is 5.94. The Balaban J connectivity index is 2.04. The SMILES string of the molecule is CC(O)CCNC(=O)c1cccc(-n2ccnc2)c1. The quantitative estimate of drug-likeness (QED) is 0.852. The molecule has 0 radical (unpaired) electrons. The molecule has 100 valence electrons. The van der Waals surface area contributed by atoms with Crippen LogP contribution >= 0.6 is 0 Å². The summed E-state index contributed by atoms with van der Waals surface area (Å²) in [5, 5.41) is 11.9. The summed E-state index contributed by atoms with van der Waals surface area (Å²) in [6.07, 6.45) is 5.34. The zero-order valence-corrected chi connectivity index (χ0v) is 10.8. The van der Waals surface area contributed by atoms with Gasteiger partial charge in [0, 0.05) is 30.2 Å². The van der Waals surface area contributed by atoms with E-state index in [1.165, 1.54) is 0 Å². The minimum atomic E-state index is -0.405. The third kappa shape index (κ3) is 3.66. The molecule has 1 heterocycles. The standard InChI is InChI=1S/C14H17N3O2/c1-11(18)5-6-16-14(19)12-3-2-4-13(9-12)17-8-7-15-10-17/h2-4,7-11,18H,5-6H2,1H3,(H,16,19). The Morgan fingerprint density at radius 2 is 2.37 bits per heavy atom. The van der Waals surface area contributed by atoms with E-state index < -0.39 is 6.10 Å². The van der Waals surface area contributed by atoms with Gasteiger partial charge in [0.1, 0.15) is 0 Å². The highest BCUT2D eigenvalue weighted by Crippen LogP contribution is 2.10.